The Hall–Kier alpha value is -3.15. The molecule has 3 aromatic rings. The number of likely N-dealkylation sites (tertiary alicyclic amines) is 1. The van der Waals surface area contributed by atoms with Crippen LogP contribution in [0.2, 0.25) is 0 Å². The summed E-state index contributed by atoms with van der Waals surface area (Å²) in [4.78, 5) is 34.9. The average molecular weight is 433 g/mol. The largest absolute Gasteiger partial charge is 0.337 e. The van der Waals surface area contributed by atoms with Crippen LogP contribution in [-0.4, -0.2) is 44.4 Å². The summed E-state index contributed by atoms with van der Waals surface area (Å²) >= 11 is 0. The lowest BCUT2D eigenvalue weighted by Crippen LogP contribution is -2.42. The van der Waals surface area contributed by atoms with Gasteiger partial charge in [-0.15, -0.1) is 0 Å². The first-order valence-electron chi connectivity index (χ1n) is 11.3. The Kier molecular flexibility index (Phi) is 5.80. The van der Waals surface area contributed by atoms with E-state index in [4.69, 9.17) is 4.98 Å². The van der Waals surface area contributed by atoms with Crippen LogP contribution in [0.3, 0.4) is 0 Å². The first kappa shape index (κ1) is 22.1. The van der Waals surface area contributed by atoms with E-state index in [0.717, 1.165) is 22.5 Å². The van der Waals surface area contributed by atoms with E-state index in [0.29, 0.717) is 13.0 Å². The molecule has 1 aliphatic rings. The highest BCUT2D eigenvalue weighted by molar-refractivity contribution is 5.94. The molecule has 1 aromatic heterocycles. The molecule has 0 saturated carbocycles. The number of benzene rings is 2. The Bertz CT molecular complexity index is 1130. The number of hydrogen-bond acceptors (Lipinski definition) is 3. The molecule has 2 heterocycles. The third-order valence-corrected chi connectivity index (χ3v) is 6.10. The number of hydrogen-bond donors (Lipinski definition) is 0. The number of carbonyl (C=O) groups excluding carboxylic acids is 2. The second-order valence-electron chi connectivity index (χ2n) is 9.81. The van der Waals surface area contributed by atoms with Crippen molar-refractivity contribution < 1.29 is 9.59 Å². The Morgan fingerprint density at radius 2 is 1.75 bits per heavy atom. The summed E-state index contributed by atoms with van der Waals surface area (Å²) in [6, 6.07) is 17.7. The van der Waals surface area contributed by atoms with Crippen molar-refractivity contribution in [1.29, 1.82) is 0 Å². The second-order valence-corrected chi connectivity index (χ2v) is 9.81. The molecule has 1 aliphatic heterocycles. The smallest absolute Gasteiger partial charge is 0.247 e. The number of imidazole rings is 1. The molecule has 2 aromatic carbocycles. The van der Waals surface area contributed by atoms with Gasteiger partial charge < -0.3 is 14.4 Å². The molecule has 0 radical (unpaired) electrons. The average Bonchev–Trinajstić information content (AvgIpc) is 3.29. The van der Waals surface area contributed by atoms with Crippen LogP contribution in [0.25, 0.3) is 11.0 Å². The van der Waals surface area contributed by atoms with Crippen molar-refractivity contribution in [2.45, 2.75) is 65.1 Å². The molecule has 0 N–H and O–H groups in total. The number of aromatic nitrogens is 2. The standard InChI is InChI=1S/C26H32N4O2/c1-18(2)30(20-11-7-6-8-12-20)24(32)17-28-22-14-10-9-13-21(22)27-25(28)19-15-23(31)29(16-19)26(3,4)5/h6-14,18-19H,15-17H2,1-5H3/t19-/m1/s1. The van der Waals surface area contributed by atoms with E-state index in [2.05, 4.69) is 20.8 Å². The fourth-order valence-corrected chi connectivity index (χ4v) is 4.63. The van der Waals surface area contributed by atoms with Crippen molar-refractivity contribution in [3.05, 3.63) is 60.4 Å². The molecule has 0 unspecified atom stereocenters. The third kappa shape index (κ3) is 4.14. The Labute approximate surface area is 189 Å². The maximum absolute atomic E-state index is 13.6. The molecular formula is C26H32N4O2. The van der Waals surface area contributed by atoms with Gasteiger partial charge in [0.05, 0.1) is 11.0 Å². The Morgan fingerprint density at radius 3 is 2.38 bits per heavy atom. The summed E-state index contributed by atoms with van der Waals surface area (Å²) in [5, 5.41) is 0. The minimum atomic E-state index is -0.236. The maximum Gasteiger partial charge on any atom is 0.247 e. The number of anilines is 1. The summed E-state index contributed by atoms with van der Waals surface area (Å²) in [5.41, 5.74) is 2.43. The highest BCUT2D eigenvalue weighted by Gasteiger charge is 2.39. The minimum Gasteiger partial charge on any atom is -0.337 e. The number of nitrogens with zero attached hydrogens (tertiary/aromatic N) is 4. The van der Waals surface area contributed by atoms with Gasteiger partial charge >= 0.3 is 0 Å². The summed E-state index contributed by atoms with van der Waals surface area (Å²) in [6.07, 6.45) is 0.418. The zero-order valence-corrected chi connectivity index (χ0v) is 19.6. The molecule has 1 saturated heterocycles. The molecule has 4 rings (SSSR count). The lowest BCUT2D eigenvalue weighted by atomic mass is 10.1. The van der Waals surface area contributed by atoms with Crippen molar-refractivity contribution >= 4 is 28.5 Å². The first-order valence-corrected chi connectivity index (χ1v) is 11.3. The highest BCUT2D eigenvalue weighted by Crippen LogP contribution is 2.34. The van der Waals surface area contributed by atoms with Crippen molar-refractivity contribution in [2.75, 3.05) is 11.4 Å². The fraction of sp³-hybridized carbons (Fsp3) is 0.423. The van der Waals surface area contributed by atoms with Crippen molar-refractivity contribution in [1.82, 2.24) is 14.5 Å². The van der Waals surface area contributed by atoms with Crippen LogP contribution in [-0.2, 0) is 16.1 Å². The predicted molar refractivity (Wildman–Crippen MR) is 128 cm³/mol. The first-order chi connectivity index (χ1) is 15.2. The quantitative estimate of drug-likeness (QED) is 0.592. The number of rotatable bonds is 5. The zero-order chi connectivity index (χ0) is 23.0. The van der Waals surface area contributed by atoms with Gasteiger partial charge in [0.25, 0.3) is 0 Å². The van der Waals surface area contributed by atoms with E-state index in [-0.39, 0.29) is 35.9 Å². The van der Waals surface area contributed by atoms with Crippen LogP contribution in [0.15, 0.2) is 54.6 Å². The van der Waals surface area contributed by atoms with Gasteiger partial charge in [0.2, 0.25) is 11.8 Å². The Balaban J connectivity index is 1.71. The molecule has 32 heavy (non-hydrogen) atoms. The van der Waals surface area contributed by atoms with E-state index >= 15 is 0 Å². The van der Waals surface area contributed by atoms with E-state index in [9.17, 15) is 9.59 Å². The molecule has 6 nitrogen and oxygen atoms in total. The van der Waals surface area contributed by atoms with E-state index in [1.807, 2.05) is 82.8 Å². The van der Waals surface area contributed by atoms with Gasteiger partial charge in [-0.25, -0.2) is 4.98 Å². The molecule has 1 fully saturated rings. The summed E-state index contributed by atoms with van der Waals surface area (Å²) < 4.78 is 2.01. The van der Waals surface area contributed by atoms with E-state index in [1.165, 1.54) is 0 Å². The van der Waals surface area contributed by atoms with Crippen LogP contribution in [0.5, 0.6) is 0 Å². The molecule has 0 spiro atoms. The van der Waals surface area contributed by atoms with Gasteiger partial charge in [0.15, 0.2) is 0 Å². The molecule has 168 valence electrons. The van der Waals surface area contributed by atoms with Gasteiger partial charge in [0.1, 0.15) is 12.4 Å². The van der Waals surface area contributed by atoms with Crippen molar-refractivity contribution in [3.8, 4) is 0 Å². The molecular weight excluding hydrogens is 400 g/mol. The Morgan fingerprint density at radius 1 is 1.09 bits per heavy atom. The van der Waals surface area contributed by atoms with Crippen molar-refractivity contribution in [3.63, 3.8) is 0 Å². The number of amides is 2. The number of para-hydroxylation sites is 3. The molecule has 6 heteroatoms. The van der Waals surface area contributed by atoms with Crippen LogP contribution in [0, 0.1) is 0 Å². The molecule has 0 bridgehead atoms. The second kappa shape index (κ2) is 8.41. The van der Waals surface area contributed by atoms with Gasteiger partial charge in [-0.3, -0.25) is 9.59 Å². The third-order valence-electron chi connectivity index (χ3n) is 6.10. The number of carbonyl (C=O) groups is 2. The van der Waals surface area contributed by atoms with Crippen LogP contribution >= 0.6 is 0 Å². The van der Waals surface area contributed by atoms with Gasteiger partial charge in [0, 0.05) is 36.2 Å². The molecule has 1 atom stereocenters. The van der Waals surface area contributed by atoms with E-state index < -0.39 is 0 Å². The number of fused-ring (bicyclic) bond motifs is 1. The zero-order valence-electron chi connectivity index (χ0n) is 19.6. The topological polar surface area (TPSA) is 58.4 Å². The predicted octanol–water partition coefficient (Wildman–Crippen LogP) is 4.59. The van der Waals surface area contributed by atoms with Gasteiger partial charge in [-0.1, -0.05) is 30.3 Å². The highest BCUT2D eigenvalue weighted by atomic mass is 16.2. The normalized spacial score (nSPS) is 16.9. The minimum absolute atomic E-state index is 0.00704. The molecule has 0 aliphatic carbocycles. The molecule has 2 amide bonds. The summed E-state index contributed by atoms with van der Waals surface area (Å²) in [5.74, 6) is 0.927. The maximum atomic E-state index is 13.6. The van der Waals surface area contributed by atoms with Crippen LogP contribution < -0.4 is 4.90 Å². The fourth-order valence-electron chi connectivity index (χ4n) is 4.63. The van der Waals surface area contributed by atoms with Crippen LogP contribution in [0.1, 0.15) is 52.8 Å². The monoisotopic (exact) mass is 432 g/mol. The summed E-state index contributed by atoms with van der Waals surface area (Å²) in [7, 11) is 0. The SMILES string of the molecule is CC(C)N(C(=O)Cn1c([C@@H]2CC(=O)N(C(C)(C)C)C2)nc2ccccc21)c1ccccc1. The van der Waals surface area contributed by atoms with Crippen molar-refractivity contribution in [2.24, 2.45) is 0 Å². The van der Waals surface area contributed by atoms with Crippen LogP contribution in [0.4, 0.5) is 5.69 Å². The van der Waals surface area contributed by atoms with Gasteiger partial charge in [-0.05, 0) is 58.9 Å². The summed E-state index contributed by atoms with van der Waals surface area (Å²) in [6.45, 7) is 11.0. The van der Waals surface area contributed by atoms with Gasteiger partial charge in [-0.2, -0.15) is 0 Å². The lowest BCUT2D eigenvalue weighted by Gasteiger charge is -2.32. The van der Waals surface area contributed by atoms with E-state index in [1.54, 1.807) is 0 Å². The lowest BCUT2D eigenvalue weighted by molar-refractivity contribution is -0.131.